The van der Waals surface area contributed by atoms with E-state index in [1.54, 1.807) is 0 Å². The summed E-state index contributed by atoms with van der Waals surface area (Å²) in [6, 6.07) is 3.79. The molecule has 0 saturated heterocycles. The normalized spacial score (nSPS) is 11.3. The van der Waals surface area contributed by atoms with Crippen molar-refractivity contribution in [2.45, 2.75) is 31.1 Å². The highest BCUT2D eigenvalue weighted by Crippen LogP contribution is 2.22. The van der Waals surface area contributed by atoms with Crippen molar-refractivity contribution < 1.29 is 13.2 Å². The zero-order valence-electron chi connectivity index (χ0n) is 10.4. The number of rotatable bonds is 6. The van der Waals surface area contributed by atoms with Crippen molar-refractivity contribution in [1.29, 1.82) is 0 Å². The number of nitrogens with one attached hydrogen (secondary N) is 1. The molecule has 0 bridgehead atoms. The second kappa shape index (κ2) is 7.12. The Labute approximate surface area is 122 Å². The van der Waals surface area contributed by atoms with Gasteiger partial charge in [-0.2, -0.15) is 0 Å². The summed E-state index contributed by atoms with van der Waals surface area (Å²) in [6.45, 7) is 2.59. The zero-order valence-corrected chi connectivity index (χ0v) is 12.8. The molecule has 1 N–H and O–H groups in total. The third-order valence-corrected chi connectivity index (χ3v) is 4.21. The van der Waals surface area contributed by atoms with E-state index in [-0.39, 0.29) is 15.5 Å². The van der Waals surface area contributed by atoms with Crippen LogP contribution < -0.4 is 5.32 Å². The Morgan fingerprint density at radius 2 is 2.00 bits per heavy atom. The van der Waals surface area contributed by atoms with E-state index in [1.165, 1.54) is 18.2 Å². The van der Waals surface area contributed by atoms with E-state index in [0.717, 1.165) is 19.3 Å². The molecule has 4 nitrogen and oxygen atoms in total. The SMILES string of the molecule is CCCCCNC(=O)c1cc(S(=O)(=O)Cl)ccc1Cl. The highest BCUT2D eigenvalue weighted by molar-refractivity contribution is 8.13. The van der Waals surface area contributed by atoms with Gasteiger partial charge in [-0.3, -0.25) is 4.79 Å². The number of amides is 1. The van der Waals surface area contributed by atoms with Gasteiger partial charge in [0.15, 0.2) is 0 Å². The monoisotopic (exact) mass is 323 g/mol. The molecule has 0 aromatic heterocycles. The Morgan fingerprint density at radius 3 is 2.58 bits per heavy atom. The summed E-state index contributed by atoms with van der Waals surface area (Å²) in [6.07, 6.45) is 2.94. The van der Waals surface area contributed by atoms with E-state index in [2.05, 4.69) is 12.2 Å². The summed E-state index contributed by atoms with van der Waals surface area (Å²) in [4.78, 5) is 11.7. The van der Waals surface area contributed by atoms with Gasteiger partial charge >= 0.3 is 0 Å². The van der Waals surface area contributed by atoms with Crippen molar-refractivity contribution in [3.8, 4) is 0 Å². The van der Waals surface area contributed by atoms with Gasteiger partial charge in [0.05, 0.1) is 15.5 Å². The maximum atomic E-state index is 11.9. The van der Waals surface area contributed by atoms with Gasteiger partial charge in [0.25, 0.3) is 15.0 Å². The van der Waals surface area contributed by atoms with Gasteiger partial charge in [0.1, 0.15) is 0 Å². The molecule has 1 aromatic rings. The lowest BCUT2D eigenvalue weighted by molar-refractivity contribution is 0.0953. The molecule has 106 valence electrons. The fraction of sp³-hybridized carbons (Fsp3) is 0.417. The van der Waals surface area contributed by atoms with Gasteiger partial charge < -0.3 is 5.32 Å². The van der Waals surface area contributed by atoms with Gasteiger partial charge in [-0.25, -0.2) is 8.42 Å². The first-order valence-corrected chi connectivity index (χ1v) is 8.57. The molecule has 0 aliphatic carbocycles. The van der Waals surface area contributed by atoms with Gasteiger partial charge in [-0.05, 0) is 24.6 Å². The molecule has 0 aliphatic heterocycles. The maximum Gasteiger partial charge on any atom is 0.261 e. The third kappa shape index (κ3) is 5.01. The number of carbonyl (C=O) groups excluding carboxylic acids is 1. The van der Waals surface area contributed by atoms with E-state index in [1.807, 2.05) is 0 Å². The van der Waals surface area contributed by atoms with Crippen LogP contribution in [-0.4, -0.2) is 20.9 Å². The summed E-state index contributed by atoms with van der Waals surface area (Å²) in [7, 11) is 1.36. The molecule has 1 rings (SSSR count). The van der Waals surface area contributed by atoms with Crippen LogP contribution in [0.25, 0.3) is 0 Å². The van der Waals surface area contributed by atoms with Crippen LogP contribution in [0, 0.1) is 0 Å². The van der Waals surface area contributed by atoms with Crippen molar-refractivity contribution in [3.05, 3.63) is 28.8 Å². The van der Waals surface area contributed by atoms with Crippen LogP contribution >= 0.6 is 22.3 Å². The average molecular weight is 324 g/mol. The first kappa shape index (κ1) is 16.3. The van der Waals surface area contributed by atoms with Gasteiger partial charge in [-0.1, -0.05) is 31.4 Å². The summed E-state index contributed by atoms with van der Waals surface area (Å²) < 4.78 is 22.4. The molecule has 0 unspecified atom stereocenters. The highest BCUT2D eigenvalue weighted by Gasteiger charge is 2.16. The van der Waals surface area contributed by atoms with Gasteiger partial charge in [0.2, 0.25) is 0 Å². The van der Waals surface area contributed by atoms with Crippen LogP contribution in [0.3, 0.4) is 0 Å². The standard InChI is InChI=1S/C12H15Cl2NO3S/c1-2-3-4-7-15-12(16)10-8-9(19(14,17)18)5-6-11(10)13/h5-6,8H,2-4,7H2,1H3,(H,15,16). The maximum absolute atomic E-state index is 11.9. The second-order valence-electron chi connectivity index (χ2n) is 4.04. The van der Waals surface area contributed by atoms with E-state index < -0.39 is 15.0 Å². The van der Waals surface area contributed by atoms with Crippen LogP contribution in [0.1, 0.15) is 36.5 Å². The fourth-order valence-electron chi connectivity index (χ4n) is 1.50. The first-order valence-electron chi connectivity index (χ1n) is 5.88. The molecule has 0 aliphatic rings. The van der Waals surface area contributed by atoms with Crippen LogP contribution in [0.15, 0.2) is 23.1 Å². The molecule has 1 aromatic carbocycles. The molecule has 0 heterocycles. The van der Waals surface area contributed by atoms with E-state index in [4.69, 9.17) is 22.3 Å². The first-order chi connectivity index (χ1) is 8.86. The van der Waals surface area contributed by atoms with Crippen molar-refractivity contribution >= 4 is 37.2 Å². The average Bonchev–Trinajstić information content (AvgIpc) is 2.33. The van der Waals surface area contributed by atoms with E-state index >= 15 is 0 Å². The van der Waals surface area contributed by atoms with Crippen molar-refractivity contribution in [2.24, 2.45) is 0 Å². The van der Waals surface area contributed by atoms with E-state index in [9.17, 15) is 13.2 Å². The predicted octanol–water partition coefficient (Wildman–Crippen LogP) is 3.19. The Bertz CT molecular complexity index is 558. The Kier molecular flexibility index (Phi) is 6.10. The second-order valence-corrected chi connectivity index (χ2v) is 7.02. The molecule has 0 atom stereocenters. The summed E-state index contributed by atoms with van der Waals surface area (Å²) >= 11 is 5.88. The van der Waals surface area contributed by atoms with Crippen molar-refractivity contribution in [3.63, 3.8) is 0 Å². The molecule has 0 radical (unpaired) electrons. The molecule has 19 heavy (non-hydrogen) atoms. The summed E-state index contributed by atoms with van der Waals surface area (Å²) in [5.74, 6) is -0.400. The van der Waals surface area contributed by atoms with Crippen LogP contribution in [0.2, 0.25) is 5.02 Å². The lowest BCUT2D eigenvalue weighted by atomic mass is 10.2. The summed E-state index contributed by atoms with van der Waals surface area (Å²) in [5.41, 5.74) is 0.111. The van der Waals surface area contributed by atoms with Crippen LogP contribution in [0.5, 0.6) is 0 Å². The number of unbranched alkanes of at least 4 members (excludes halogenated alkanes) is 2. The van der Waals surface area contributed by atoms with Crippen LogP contribution in [-0.2, 0) is 9.05 Å². The topological polar surface area (TPSA) is 63.2 Å². The Balaban J connectivity index is 2.84. The van der Waals surface area contributed by atoms with Gasteiger partial charge in [-0.15, -0.1) is 0 Å². The predicted molar refractivity (Wildman–Crippen MR) is 76.3 cm³/mol. The quantitative estimate of drug-likeness (QED) is 0.646. The van der Waals surface area contributed by atoms with Crippen molar-refractivity contribution in [1.82, 2.24) is 5.32 Å². The van der Waals surface area contributed by atoms with Crippen molar-refractivity contribution in [2.75, 3.05) is 6.54 Å². The third-order valence-electron chi connectivity index (χ3n) is 2.53. The molecular weight excluding hydrogens is 309 g/mol. The number of carbonyl (C=O) groups is 1. The largest absolute Gasteiger partial charge is 0.352 e. The van der Waals surface area contributed by atoms with E-state index in [0.29, 0.717) is 6.54 Å². The number of benzene rings is 1. The minimum Gasteiger partial charge on any atom is -0.352 e. The fourth-order valence-corrected chi connectivity index (χ4v) is 2.48. The molecule has 1 amide bonds. The molecular formula is C12H15Cl2NO3S. The molecule has 7 heteroatoms. The summed E-state index contributed by atoms with van der Waals surface area (Å²) in [5, 5.41) is 2.88. The highest BCUT2D eigenvalue weighted by atomic mass is 35.7. The Morgan fingerprint density at radius 1 is 1.32 bits per heavy atom. The van der Waals surface area contributed by atoms with Crippen LogP contribution in [0.4, 0.5) is 0 Å². The minimum atomic E-state index is -3.87. The molecule has 0 saturated carbocycles. The lowest BCUT2D eigenvalue weighted by Crippen LogP contribution is -2.24. The lowest BCUT2D eigenvalue weighted by Gasteiger charge is -2.07. The number of halogens is 2. The Hall–Kier alpha value is -0.780. The smallest absolute Gasteiger partial charge is 0.261 e. The zero-order chi connectivity index (χ0) is 14.5. The minimum absolute atomic E-state index is 0.111. The van der Waals surface area contributed by atoms with Gasteiger partial charge in [0, 0.05) is 17.2 Å². The molecule has 0 spiro atoms. The number of hydrogen-bond acceptors (Lipinski definition) is 3. The molecule has 0 fully saturated rings. The number of hydrogen-bond donors (Lipinski definition) is 1.